The van der Waals surface area contributed by atoms with E-state index in [2.05, 4.69) is 49.9 Å². The molecular weight excluding hydrogens is 338 g/mol. The number of hydrogen-bond donors (Lipinski definition) is 0. The molecule has 0 bridgehead atoms. The van der Waals surface area contributed by atoms with Crippen molar-refractivity contribution in [3.05, 3.63) is 68.6 Å². The van der Waals surface area contributed by atoms with Gasteiger partial charge in [-0.15, -0.1) is 0 Å². The van der Waals surface area contributed by atoms with Crippen LogP contribution in [0.2, 0.25) is 0 Å². The summed E-state index contributed by atoms with van der Waals surface area (Å²) >= 11 is 0. The third kappa shape index (κ3) is 3.09. The Kier molecular flexibility index (Phi) is 4.42. The molecule has 0 spiro atoms. The normalized spacial score (nSPS) is 13.6. The second kappa shape index (κ2) is 6.76. The molecule has 0 fully saturated rings. The van der Waals surface area contributed by atoms with Gasteiger partial charge in [-0.1, -0.05) is 19.4 Å². The van der Waals surface area contributed by atoms with Gasteiger partial charge in [0, 0.05) is 34.8 Å². The van der Waals surface area contributed by atoms with Crippen LogP contribution in [-0.2, 0) is 13.0 Å². The van der Waals surface area contributed by atoms with Crippen LogP contribution >= 0.6 is 0 Å². The first-order valence-corrected chi connectivity index (χ1v) is 9.52. The van der Waals surface area contributed by atoms with E-state index in [1.165, 1.54) is 11.1 Å². The van der Waals surface area contributed by atoms with Gasteiger partial charge in [-0.3, -0.25) is 0 Å². The molecule has 3 aromatic rings. The maximum absolute atomic E-state index is 12.0. The molecule has 140 valence electrons. The number of nitrogens with zero attached hydrogens (tertiary/aromatic N) is 1. The van der Waals surface area contributed by atoms with Crippen molar-refractivity contribution in [3.8, 4) is 5.75 Å². The predicted molar refractivity (Wildman–Crippen MR) is 109 cm³/mol. The third-order valence-corrected chi connectivity index (χ3v) is 5.48. The fourth-order valence-corrected chi connectivity index (χ4v) is 3.85. The highest BCUT2D eigenvalue weighted by atomic mass is 16.5. The predicted octanol–water partition coefficient (Wildman–Crippen LogP) is 5.03. The summed E-state index contributed by atoms with van der Waals surface area (Å²) in [6.07, 6.45) is 1.85. The molecule has 0 aliphatic carbocycles. The van der Waals surface area contributed by atoms with Crippen LogP contribution in [0, 0.1) is 20.8 Å². The van der Waals surface area contributed by atoms with Gasteiger partial charge in [0.2, 0.25) is 0 Å². The Bertz CT molecular complexity index is 1080. The molecule has 4 heteroatoms. The molecule has 0 amide bonds. The first-order chi connectivity index (χ1) is 13.0. The molecule has 2 heterocycles. The van der Waals surface area contributed by atoms with E-state index in [-0.39, 0.29) is 5.63 Å². The summed E-state index contributed by atoms with van der Waals surface area (Å²) in [7, 11) is 0. The highest BCUT2D eigenvalue weighted by molar-refractivity contribution is 5.86. The van der Waals surface area contributed by atoms with Gasteiger partial charge < -0.3 is 14.1 Å². The van der Waals surface area contributed by atoms with Gasteiger partial charge >= 0.3 is 5.63 Å². The first-order valence-electron chi connectivity index (χ1n) is 9.52. The minimum absolute atomic E-state index is 0.290. The molecular formula is C23H25NO3. The van der Waals surface area contributed by atoms with Gasteiger partial charge in [0.25, 0.3) is 0 Å². The van der Waals surface area contributed by atoms with Crippen LogP contribution in [0.5, 0.6) is 5.75 Å². The average Bonchev–Trinajstić information content (AvgIpc) is 2.65. The van der Waals surface area contributed by atoms with Gasteiger partial charge in [0.1, 0.15) is 11.3 Å². The van der Waals surface area contributed by atoms with Crippen molar-refractivity contribution < 1.29 is 9.15 Å². The highest BCUT2D eigenvalue weighted by Gasteiger charge is 2.23. The van der Waals surface area contributed by atoms with Crippen LogP contribution in [0.4, 0.5) is 5.69 Å². The summed E-state index contributed by atoms with van der Waals surface area (Å²) in [5, 5.41) is 1.03. The zero-order valence-corrected chi connectivity index (χ0v) is 16.4. The van der Waals surface area contributed by atoms with Crippen molar-refractivity contribution in [2.75, 3.05) is 11.6 Å². The van der Waals surface area contributed by atoms with E-state index in [1.54, 1.807) is 6.07 Å². The quantitative estimate of drug-likeness (QED) is 0.612. The maximum atomic E-state index is 12.0. The van der Waals surface area contributed by atoms with Crippen molar-refractivity contribution in [1.82, 2.24) is 0 Å². The summed E-state index contributed by atoms with van der Waals surface area (Å²) in [6, 6.07) is 10.3. The average molecular weight is 363 g/mol. The van der Waals surface area contributed by atoms with Crippen LogP contribution < -0.4 is 15.3 Å². The first kappa shape index (κ1) is 17.7. The fourth-order valence-electron chi connectivity index (χ4n) is 3.85. The van der Waals surface area contributed by atoms with Crippen LogP contribution in [-0.4, -0.2) is 6.73 Å². The van der Waals surface area contributed by atoms with Crippen molar-refractivity contribution >= 4 is 16.7 Å². The number of anilines is 1. The summed E-state index contributed by atoms with van der Waals surface area (Å²) in [6.45, 7) is 9.62. The van der Waals surface area contributed by atoms with Gasteiger partial charge in [-0.2, -0.15) is 0 Å². The minimum atomic E-state index is -0.290. The van der Waals surface area contributed by atoms with Gasteiger partial charge in [-0.05, 0) is 62.1 Å². The van der Waals surface area contributed by atoms with E-state index in [4.69, 9.17) is 9.15 Å². The van der Waals surface area contributed by atoms with Crippen molar-refractivity contribution in [1.29, 1.82) is 0 Å². The number of ether oxygens (including phenoxy) is 1. The molecule has 0 saturated carbocycles. The molecule has 4 rings (SSSR count). The Balaban J connectivity index is 1.80. The number of benzene rings is 2. The number of rotatable bonds is 3. The lowest BCUT2D eigenvalue weighted by Gasteiger charge is -2.32. The second-order valence-electron chi connectivity index (χ2n) is 7.45. The summed E-state index contributed by atoms with van der Waals surface area (Å²) in [5.41, 5.74) is 7.20. The molecule has 0 unspecified atom stereocenters. The molecule has 1 aromatic heterocycles. The molecule has 0 saturated heterocycles. The Morgan fingerprint density at radius 2 is 1.89 bits per heavy atom. The smallest absolute Gasteiger partial charge is 0.336 e. The second-order valence-corrected chi connectivity index (χ2v) is 7.45. The monoisotopic (exact) mass is 363 g/mol. The van der Waals surface area contributed by atoms with Gasteiger partial charge in [0.15, 0.2) is 6.73 Å². The lowest BCUT2D eigenvalue weighted by Crippen LogP contribution is -2.32. The van der Waals surface area contributed by atoms with E-state index >= 15 is 0 Å². The van der Waals surface area contributed by atoms with Gasteiger partial charge in [-0.25, -0.2) is 4.79 Å². The zero-order chi connectivity index (χ0) is 19.1. The van der Waals surface area contributed by atoms with Crippen molar-refractivity contribution in [3.63, 3.8) is 0 Å². The largest absolute Gasteiger partial charge is 0.472 e. The minimum Gasteiger partial charge on any atom is -0.472 e. The van der Waals surface area contributed by atoms with Crippen molar-refractivity contribution in [2.45, 2.75) is 47.1 Å². The van der Waals surface area contributed by atoms with E-state index in [1.807, 2.05) is 6.92 Å². The molecule has 1 aliphatic rings. The highest BCUT2D eigenvalue weighted by Crippen LogP contribution is 2.37. The SMILES string of the molecule is CCCc1cc(=O)oc2c(C)c3c(cc12)CN(c1ccc(C)c(C)c1)CO3. The van der Waals surface area contributed by atoms with E-state index in [0.717, 1.165) is 52.9 Å². The number of hydrogen-bond acceptors (Lipinski definition) is 4. The van der Waals surface area contributed by atoms with E-state index in [0.29, 0.717) is 12.3 Å². The zero-order valence-electron chi connectivity index (χ0n) is 16.4. The van der Waals surface area contributed by atoms with Gasteiger partial charge in [0.05, 0.1) is 0 Å². The topological polar surface area (TPSA) is 42.7 Å². The van der Waals surface area contributed by atoms with Crippen LogP contribution in [0.1, 0.15) is 41.2 Å². The van der Waals surface area contributed by atoms with Crippen LogP contribution in [0.15, 0.2) is 39.5 Å². The molecule has 27 heavy (non-hydrogen) atoms. The molecule has 1 aliphatic heterocycles. The molecule has 0 radical (unpaired) electrons. The lowest BCUT2D eigenvalue weighted by molar-refractivity contribution is 0.287. The lowest BCUT2D eigenvalue weighted by atomic mass is 9.98. The summed E-state index contributed by atoms with van der Waals surface area (Å²) < 4.78 is 11.6. The fraction of sp³-hybridized carbons (Fsp3) is 0.348. The van der Waals surface area contributed by atoms with Crippen LogP contribution in [0.25, 0.3) is 11.0 Å². The van der Waals surface area contributed by atoms with Crippen molar-refractivity contribution in [2.24, 2.45) is 0 Å². The summed E-state index contributed by atoms with van der Waals surface area (Å²) in [5.74, 6) is 0.847. The molecule has 0 N–H and O–H groups in total. The maximum Gasteiger partial charge on any atom is 0.336 e. The molecule has 4 nitrogen and oxygen atoms in total. The Labute approximate surface area is 159 Å². The van der Waals surface area contributed by atoms with Crippen LogP contribution in [0.3, 0.4) is 0 Å². The Morgan fingerprint density at radius 1 is 1.07 bits per heavy atom. The molecule has 2 aromatic carbocycles. The Morgan fingerprint density at radius 3 is 2.63 bits per heavy atom. The number of aryl methyl sites for hydroxylation is 4. The summed E-state index contributed by atoms with van der Waals surface area (Å²) in [4.78, 5) is 14.2. The standard InChI is InChI=1S/C23H25NO3/c1-5-6-17-11-21(25)27-23-16(4)22-18(10-20(17)23)12-24(13-26-22)19-8-7-14(2)15(3)9-19/h7-11H,5-6,12-13H2,1-4H3. The van der Waals surface area contributed by atoms with E-state index < -0.39 is 0 Å². The molecule has 0 atom stereocenters. The third-order valence-electron chi connectivity index (χ3n) is 5.48. The Hall–Kier alpha value is -2.75. The van der Waals surface area contributed by atoms with E-state index in [9.17, 15) is 4.79 Å². The number of fused-ring (bicyclic) bond motifs is 2.